The van der Waals surface area contributed by atoms with Crippen molar-refractivity contribution < 1.29 is 0 Å². The van der Waals surface area contributed by atoms with Crippen LogP contribution in [0.15, 0.2) is 48.5 Å². The lowest BCUT2D eigenvalue weighted by atomic mass is 10.1. The molecule has 0 saturated heterocycles. The minimum Gasteiger partial charge on any atom is -0.0620 e. The third kappa shape index (κ3) is 3.20. The second-order valence-electron chi connectivity index (χ2n) is 4.71. The van der Waals surface area contributed by atoms with E-state index in [1.807, 2.05) is 0 Å². The van der Waals surface area contributed by atoms with Crippen molar-refractivity contribution in [1.29, 1.82) is 0 Å². The Hall–Kier alpha value is -1.56. The van der Waals surface area contributed by atoms with Crippen LogP contribution in [-0.4, -0.2) is 0 Å². The maximum absolute atomic E-state index is 2.24. The standard InChI is InChI=1S/C9H10.C8H10/c1-2-5-9-7-3-6-8(9)4-1;1-7-5-3-4-6-8(7)2/h1-2,4-5H,3,6-7H2;3-6H,1-2H3. The summed E-state index contributed by atoms with van der Waals surface area (Å²) in [6.07, 6.45) is 3.96. The van der Waals surface area contributed by atoms with Crippen LogP contribution in [0.3, 0.4) is 0 Å². The first-order chi connectivity index (χ1) is 8.27. The summed E-state index contributed by atoms with van der Waals surface area (Å²) in [5, 5.41) is 0. The molecule has 0 radical (unpaired) electrons. The summed E-state index contributed by atoms with van der Waals surface area (Å²) in [5.41, 5.74) is 5.87. The maximum atomic E-state index is 2.24. The topological polar surface area (TPSA) is 0 Å². The lowest BCUT2D eigenvalue weighted by Gasteiger charge is -1.93. The van der Waals surface area contributed by atoms with Crippen LogP contribution in [0.1, 0.15) is 28.7 Å². The van der Waals surface area contributed by atoms with Crippen molar-refractivity contribution >= 4 is 0 Å². The van der Waals surface area contributed by atoms with Gasteiger partial charge in [0.15, 0.2) is 0 Å². The SMILES string of the molecule is Cc1ccccc1C.c1ccc2c(c1)CCC2. The van der Waals surface area contributed by atoms with E-state index in [-0.39, 0.29) is 0 Å². The summed E-state index contributed by atoms with van der Waals surface area (Å²) in [4.78, 5) is 0. The Kier molecular flexibility index (Phi) is 3.98. The molecule has 3 rings (SSSR count). The van der Waals surface area contributed by atoms with Crippen LogP contribution in [0.2, 0.25) is 0 Å². The van der Waals surface area contributed by atoms with Gasteiger partial charge in [0.2, 0.25) is 0 Å². The highest BCUT2D eigenvalue weighted by atomic mass is 14.1. The van der Waals surface area contributed by atoms with Crippen LogP contribution in [-0.2, 0) is 12.8 Å². The molecular weight excluding hydrogens is 204 g/mol. The van der Waals surface area contributed by atoms with Gasteiger partial charge in [-0.2, -0.15) is 0 Å². The van der Waals surface area contributed by atoms with Crippen molar-refractivity contribution in [3.8, 4) is 0 Å². The van der Waals surface area contributed by atoms with Crippen LogP contribution in [0.25, 0.3) is 0 Å². The van der Waals surface area contributed by atoms with Gasteiger partial charge in [-0.1, -0.05) is 48.5 Å². The van der Waals surface area contributed by atoms with Gasteiger partial charge in [-0.25, -0.2) is 0 Å². The van der Waals surface area contributed by atoms with E-state index < -0.39 is 0 Å². The largest absolute Gasteiger partial charge is 0.0620 e. The number of rotatable bonds is 0. The minimum atomic E-state index is 1.30. The van der Waals surface area contributed by atoms with Crippen molar-refractivity contribution in [3.05, 3.63) is 70.8 Å². The number of benzene rings is 2. The van der Waals surface area contributed by atoms with Crippen molar-refractivity contribution in [2.45, 2.75) is 33.1 Å². The highest BCUT2D eigenvalue weighted by molar-refractivity contribution is 5.30. The van der Waals surface area contributed by atoms with Gasteiger partial charge >= 0.3 is 0 Å². The first-order valence-corrected chi connectivity index (χ1v) is 6.36. The maximum Gasteiger partial charge on any atom is -0.0273 e. The van der Waals surface area contributed by atoms with E-state index >= 15 is 0 Å². The van der Waals surface area contributed by atoms with Gasteiger partial charge in [0.25, 0.3) is 0 Å². The van der Waals surface area contributed by atoms with Gasteiger partial charge in [-0.15, -0.1) is 0 Å². The Morgan fingerprint density at radius 3 is 1.47 bits per heavy atom. The van der Waals surface area contributed by atoms with Crippen LogP contribution in [0.5, 0.6) is 0 Å². The first kappa shape index (κ1) is 11.9. The summed E-state index contributed by atoms with van der Waals surface area (Å²) in [5.74, 6) is 0. The molecule has 0 unspecified atom stereocenters. The Morgan fingerprint density at radius 1 is 0.647 bits per heavy atom. The van der Waals surface area contributed by atoms with Crippen molar-refractivity contribution in [2.24, 2.45) is 0 Å². The van der Waals surface area contributed by atoms with Gasteiger partial charge in [0, 0.05) is 0 Å². The number of hydrogen-bond acceptors (Lipinski definition) is 0. The Bertz CT molecular complexity index is 439. The summed E-state index contributed by atoms with van der Waals surface area (Å²) in [6, 6.07) is 17.1. The highest BCUT2D eigenvalue weighted by Gasteiger charge is 2.07. The van der Waals surface area contributed by atoms with E-state index in [0.717, 1.165) is 0 Å². The average molecular weight is 224 g/mol. The second-order valence-corrected chi connectivity index (χ2v) is 4.71. The van der Waals surface area contributed by atoms with Gasteiger partial charge in [-0.3, -0.25) is 0 Å². The van der Waals surface area contributed by atoms with Crippen LogP contribution in [0.4, 0.5) is 0 Å². The van der Waals surface area contributed by atoms with Crippen LogP contribution in [0, 0.1) is 13.8 Å². The number of fused-ring (bicyclic) bond motifs is 1. The normalized spacial score (nSPS) is 12.6. The molecule has 0 atom stereocenters. The van der Waals surface area contributed by atoms with E-state index in [1.165, 1.54) is 30.4 Å². The van der Waals surface area contributed by atoms with Gasteiger partial charge in [0.1, 0.15) is 0 Å². The molecule has 2 aromatic rings. The van der Waals surface area contributed by atoms with Gasteiger partial charge < -0.3 is 0 Å². The van der Waals surface area contributed by atoms with E-state index in [9.17, 15) is 0 Å². The summed E-state index contributed by atoms with van der Waals surface area (Å²) < 4.78 is 0. The quantitative estimate of drug-likeness (QED) is 0.619. The minimum absolute atomic E-state index is 1.30. The zero-order valence-corrected chi connectivity index (χ0v) is 10.7. The van der Waals surface area contributed by atoms with Crippen LogP contribution < -0.4 is 0 Å². The fourth-order valence-electron chi connectivity index (χ4n) is 2.18. The number of hydrogen-bond donors (Lipinski definition) is 0. The summed E-state index contributed by atoms with van der Waals surface area (Å²) >= 11 is 0. The Morgan fingerprint density at radius 2 is 1.06 bits per heavy atom. The monoisotopic (exact) mass is 224 g/mol. The number of aryl methyl sites for hydroxylation is 4. The fourth-order valence-corrected chi connectivity index (χ4v) is 2.18. The molecule has 17 heavy (non-hydrogen) atoms. The van der Waals surface area contributed by atoms with Crippen molar-refractivity contribution in [2.75, 3.05) is 0 Å². The van der Waals surface area contributed by atoms with E-state index in [2.05, 4.69) is 62.4 Å². The molecule has 0 amide bonds. The average Bonchev–Trinajstić information content (AvgIpc) is 2.82. The van der Waals surface area contributed by atoms with Crippen molar-refractivity contribution in [1.82, 2.24) is 0 Å². The van der Waals surface area contributed by atoms with E-state index in [4.69, 9.17) is 0 Å². The molecule has 0 nitrogen and oxygen atoms in total. The molecule has 0 fully saturated rings. The Labute approximate surface area is 104 Å². The van der Waals surface area contributed by atoms with Crippen molar-refractivity contribution in [3.63, 3.8) is 0 Å². The van der Waals surface area contributed by atoms with Gasteiger partial charge in [-0.05, 0) is 55.4 Å². The molecule has 1 aliphatic carbocycles. The molecule has 88 valence electrons. The third-order valence-corrected chi connectivity index (χ3v) is 3.44. The molecule has 0 heterocycles. The molecule has 0 saturated carbocycles. The molecule has 0 N–H and O–H groups in total. The molecule has 0 spiro atoms. The second kappa shape index (κ2) is 5.67. The lowest BCUT2D eigenvalue weighted by Crippen LogP contribution is -1.77. The molecule has 0 aliphatic heterocycles. The zero-order valence-electron chi connectivity index (χ0n) is 10.7. The first-order valence-electron chi connectivity index (χ1n) is 6.36. The lowest BCUT2D eigenvalue weighted by molar-refractivity contribution is 0.912. The Balaban J connectivity index is 0.000000128. The predicted molar refractivity (Wildman–Crippen MR) is 74.4 cm³/mol. The van der Waals surface area contributed by atoms with E-state index in [1.54, 1.807) is 11.1 Å². The summed E-state index contributed by atoms with van der Waals surface area (Å²) in [7, 11) is 0. The third-order valence-electron chi connectivity index (χ3n) is 3.44. The van der Waals surface area contributed by atoms with Gasteiger partial charge in [0.05, 0.1) is 0 Å². The van der Waals surface area contributed by atoms with Crippen LogP contribution >= 0.6 is 0 Å². The van der Waals surface area contributed by atoms with E-state index in [0.29, 0.717) is 0 Å². The molecule has 1 aliphatic rings. The zero-order chi connectivity index (χ0) is 12.1. The highest BCUT2D eigenvalue weighted by Crippen LogP contribution is 2.20. The summed E-state index contributed by atoms with van der Waals surface area (Å²) in [6.45, 7) is 4.24. The predicted octanol–water partition coefficient (Wildman–Crippen LogP) is 4.48. The molecule has 0 heteroatoms. The molecule has 0 bridgehead atoms. The smallest absolute Gasteiger partial charge is 0.0273 e. The fraction of sp³-hybridized carbons (Fsp3) is 0.294. The molecular formula is C17H20. The molecule has 2 aromatic carbocycles. The molecule has 0 aromatic heterocycles.